The SMILES string of the molecule is Cc1cc(C(=O)Cl)c(C)n1C1CC1. The van der Waals surface area contributed by atoms with Crippen molar-refractivity contribution >= 4 is 16.8 Å². The molecule has 3 heteroatoms. The molecule has 0 atom stereocenters. The van der Waals surface area contributed by atoms with E-state index in [1.165, 1.54) is 12.8 Å². The summed E-state index contributed by atoms with van der Waals surface area (Å²) in [4.78, 5) is 11.0. The van der Waals surface area contributed by atoms with E-state index in [2.05, 4.69) is 4.57 Å². The molecule has 70 valence electrons. The molecule has 0 radical (unpaired) electrons. The fraction of sp³-hybridized carbons (Fsp3) is 0.500. The van der Waals surface area contributed by atoms with Crippen LogP contribution in [0.2, 0.25) is 0 Å². The summed E-state index contributed by atoms with van der Waals surface area (Å²) in [7, 11) is 0. The van der Waals surface area contributed by atoms with Gasteiger partial charge >= 0.3 is 0 Å². The summed E-state index contributed by atoms with van der Waals surface area (Å²) >= 11 is 5.47. The zero-order valence-electron chi connectivity index (χ0n) is 7.80. The summed E-state index contributed by atoms with van der Waals surface area (Å²) < 4.78 is 2.22. The molecule has 1 aliphatic rings. The van der Waals surface area contributed by atoms with Crippen LogP contribution in [0.5, 0.6) is 0 Å². The summed E-state index contributed by atoms with van der Waals surface area (Å²) in [5.74, 6) is 0. The van der Waals surface area contributed by atoms with Crippen LogP contribution in [0.4, 0.5) is 0 Å². The third-order valence-corrected chi connectivity index (χ3v) is 2.81. The second-order valence-electron chi connectivity index (χ2n) is 3.66. The van der Waals surface area contributed by atoms with E-state index in [0.717, 1.165) is 11.4 Å². The molecular weight excluding hydrogens is 186 g/mol. The maximum absolute atomic E-state index is 11.0. The number of aromatic nitrogens is 1. The van der Waals surface area contributed by atoms with Crippen LogP contribution in [0, 0.1) is 13.8 Å². The predicted octanol–water partition coefficient (Wildman–Crippen LogP) is 2.82. The molecule has 0 spiro atoms. The Labute approximate surface area is 82.5 Å². The van der Waals surface area contributed by atoms with Gasteiger partial charge in [0.25, 0.3) is 5.24 Å². The molecule has 2 rings (SSSR count). The van der Waals surface area contributed by atoms with Crippen molar-refractivity contribution in [1.29, 1.82) is 0 Å². The van der Waals surface area contributed by atoms with E-state index in [1.807, 2.05) is 19.9 Å². The lowest BCUT2D eigenvalue weighted by Gasteiger charge is -2.06. The van der Waals surface area contributed by atoms with E-state index < -0.39 is 0 Å². The topological polar surface area (TPSA) is 22.0 Å². The third-order valence-electron chi connectivity index (χ3n) is 2.61. The zero-order valence-corrected chi connectivity index (χ0v) is 8.56. The highest BCUT2D eigenvalue weighted by Crippen LogP contribution is 2.38. The first kappa shape index (κ1) is 8.82. The highest BCUT2D eigenvalue weighted by atomic mass is 35.5. The molecule has 1 saturated carbocycles. The quantitative estimate of drug-likeness (QED) is 0.669. The van der Waals surface area contributed by atoms with Crippen LogP contribution in [0.25, 0.3) is 0 Å². The monoisotopic (exact) mass is 197 g/mol. The number of halogens is 1. The minimum Gasteiger partial charge on any atom is -0.345 e. The largest absolute Gasteiger partial charge is 0.345 e. The maximum atomic E-state index is 11.0. The Hall–Kier alpha value is -0.760. The van der Waals surface area contributed by atoms with Crippen LogP contribution in [0.1, 0.15) is 40.6 Å². The second kappa shape index (κ2) is 2.88. The van der Waals surface area contributed by atoms with Crippen molar-refractivity contribution in [2.75, 3.05) is 0 Å². The molecule has 0 amide bonds. The van der Waals surface area contributed by atoms with Gasteiger partial charge in [0.05, 0.1) is 5.56 Å². The lowest BCUT2D eigenvalue weighted by atomic mass is 10.3. The Morgan fingerprint density at radius 3 is 2.54 bits per heavy atom. The van der Waals surface area contributed by atoms with Gasteiger partial charge in [0, 0.05) is 17.4 Å². The summed E-state index contributed by atoms with van der Waals surface area (Å²) in [6.45, 7) is 3.98. The number of rotatable bonds is 2. The summed E-state index contributed by atoms with van der Waals surface area (Å²) in [6, 6.07) is 2.49. The van der Waals surface area contributed by atoms with Crippen LogP contribution >= 0.6 is 11.6 Å². The average molecular weight is 198 g/mol. The van der Waals surface area contributed by atoms with Gasteiger partial charge in [-0.2, -0.15) is 0 Å². The van der Waals surface area contributed by atoms with E-state index in [4.69, 9.17) is 11.6 Å². The highest BCUT2D eigenvalue weighted by Gasteiger charge is 2.27. The number of nitrogens with zero attached hydrogens (tertiary/aromatic N) is 1. The number of hydrogen-bond acceptors (Lipinski definition) is 1. The number of carbonyl (C=O) groups is 1. The Morgan fingerprint density at radius 2 is 2.15 bits per heavy atom. The minimum absolute atomic E-state index is 0.347. The van der Waals surface area contributed by atoms with Crippen LogP contribution in [-0.4, -0.2) is 9.81 Å². The Balaban J connectivity index is 2.50. The molecule has 1 heterocycles. The van der Waals surface area contributed by atoms with Crippen LogP contribution < -0.4 is 0 Å². The van der Waals surface area contributed by atoms with Gasteiger partial charge in [-0.15, -0.1) is 0 Å². The van der Waals surface area contributed by atoms with E-state index in [9.17, 15) is 4.79 Å². The molecule has 0 aromatic carbocycles. The summed E-state index contributed by atoms with van der Waals surface area (Å²) in [5, 5.41) is -0.347. The maximum Gasteiger partial charge on any atom is 0.254 e. The smallest absolute Gasteiger partial charge is 0.254 e. The van der Waals surface area contributed by atoms with E-state index in [0.29, 0.717) is 11.6 Å². The van der Waals surface area contributed by atoms with Gasteiger partial charge in [-0.1, -0.05) is 0 Å². The number of carbonyl (C=O) groups excluding carboxylic acids is 1. The summed E-state index contributed by atoms with van der Waals surface area (Å²) in [5.41, 5.74) is 2.81. The first-order valence-corrected chi connectivity index (χ1v) is 4.87. The molecule has 0 saturated heterocycles. The lowest BCUT2D eigenvalue weighted by Crippen LogP contribution is -2.00. The van der Waals surface area contributed by atoms with Crippen LogP contribution in [0.15, 0.2) is 6.07 Å². The molecule has 1 aromatic heterocycles. The van der Waals surface area contributed by atoms with Gasteiger partial charge in [-0.3, -0.25) is 4.79 Å². The molecule has 1 aromatic rings. The van der Waals surface area contributed by atoms with Crippen LogP contribution in [0.3, 0.4) is 0 Å². The molecule has 0 unspecified atom stereocenters. The first-order valence-electron chi connectivity index (χ1n) is 4.49. The fourth-order valence-corrected chi connectivity index (χ4v) is 2.06. The van der Waals surface area contributed by atoms with Crippen molar-refractivity contribution in [3.05, 3.63) is 23.0 Å². The van der Waals surface area contributed by atoms with Crippen molar-refractivity contribution < 1.29 is 4.79 Å². The van der Waals surface area contributed by atoms with Gasteiger partial charge in [-0.25, -0.2) is 0 Å². The predicted molar refractivity (Wildman–Crippen MR) is 52.4 cm³/mol. The number of aryl methyl sites for hydroxylation is 1. The molecule has 13 heavy (non-hydrogen) atoms. The van der Waals surface area contributed by atoms with Gasteiger partial charge in [0.15, 0.2) is 0 Å². The first-order chi connectivity index (χ1) is 6.11. The fourth-order valence-electron chi connectivity index (χ4n) is 1.87. The Bertz CT molecular complexity index is 363. The molecule has 0 aliphatic heterocycles. The van der Waals surface area contributed by atoms with Gasteiger partial charge in [0.1, 0.15) is 0 Å². The molecule has 2 nitrogen and oxygen atoms in total. The molecular formula is C10H12ClNO. The van der Waals surface area contributed by atoms with Crippen molar-refractivity contribution in [2.45, 2.75) is 32.7 Å². The minimum atomic E-state index is -0.347. The number of hydrogen-bond donors (Lipinski definition) is 0. The Kier molecular flexibility index (Phi) is 1.95. The molecule has 1 aliphatic carbocycles. The van der Waals surface area contributed by atoms with Gasteiger partial charge in [-0.05, 0) is 44.4 Å². The second-order valence-corrected chi connectivity index (χ2v) is 4.00. The lowest BCUT2D eigenvalue weighted by molar-refractivity contribution is 0.108. The molecule has 1 fully saturated rings. The average Bonchev–Trinajstić information content (AvgIpc) is 2.80. The zero-order chi connectivity index (χ0) is 9.59. The van der Waals surface area contributed by atoms with Crippen LogP contribution in [-0.2, 0) is 0 Å². The van der Waals surface area contributed by atoms with E-state index >= 15 is 0 Å². The van der Waals surface area contributed by atoms with E-state index in [1.54, 1.807) is 0 Å². The highest BCUT2D eigenvalue weighted by molar-refractivity contribution is 6.67. The van der Waals surface area contributed by atoms with Gasteiger partial charge in [0.2, 0.25) is 0 Å². The third kappa shape index (κ3) is 1.39. The molecule has 0 bridgehead atoms. The van der Waals surface area contributed by atoms with Gasteiger partial charge < -0.3 is 4.57 Å². The van der Waals surface area contributed by atoms with Crippen molar-refractivity contribution in [1.82, 2.24) is 4.57 Å². The van der Waals surface area contributed by atoms with Crippen molar-refractivity contribution in [2.24, 2.45) is 0 Å². The van der Waals surface area contributed by atoms with Crippen molar-refractivity contribution in [3.8, 4) is 0 Å². The van der Waals surface area contributed by atoms with E-state index in [-0.39, 0.29) is 5.24 Å². The molecule has 0 N–H and O–H groups in total. The summed E-state index contributed by atoms with van der Waals surface area (Å²) in [6.07, 6.45) is 2.46. The standard InChI is InChI=1S/C10H12ClNO/c1-6-5-9(10(11)13)7(2)12(6)8-3-4-8/h5,8H,3-4H2,1-2H3. The Morgan fingerprint density at radius 1 is 1.54 bits per heavy atom. The van der Waals surface area contributed by atoms with Crippen molar-refractivity contribution in [3.63, 3.8) is 0 Å². The normalized spacial score (nSPS) is 16.2.